The van der Waals surface area contributed by atoms with E-state index >= 15 is 0 Å². The molecular weight excluding hydrogens is 439 g/mol. The van der Waals surface area contributed by atoms with Crippen molar-refractivity contribution in [3.05, 3.63) is 87.9 Å². The van der Waals surface area contributed by atoms with Crippen LogP contribution in [0.1, 0.15) is 22.8 Å². The first-order valence-corrected chi connectivity index (χ1v) is 11.0. The van der Waals surface area contributed by atoms with Gasteiger partial charge in [0.15, 0.2) is 5.13 Å². The zero-order valence-electron chi connectivity index (χ0n) is 16.1. The van der Waals surface area contributed by atoms with Crippen LogP contribution in [-0.4, -0.2) is 17.5 Å². The normalized spacial score (nSPS) is 10.9. The average molecular weight is 457 g/mol. The second-order valence-corrected chi connectivity index (χ2v) is 8.41. The zero-order chi connectivity index (χ0) is 21.1. The number of halogens is 2. The first-order chi connectivity index (χ1) is 14.5. The summed E-state index contributed by atoms with van der Waals surface area (Å²) in [6.45, 7) is 2.89. The quantitative estimate of drug-likeness (QED) is 0.318. The Balaban J connectivity index is 1.77. The summed E-state index contributed by atoms with van der Waals surface area (Å²) in [5, 5.41) is 1.39. The van der Waals surface area contributed by atoms with Gasteiger partial charge in [-0.3, -0.25) is 9.69 Å². The molecule has 0 saturated carbocycles. The van der Waals surface area contributed by atoms with Crippen molar-refractivity contribution in [2.24, 2.45) is 0 Å². The number of nitrogens with zero attached hydrogens (tertiary/aromatic N) is 2. The van der Waals surface area contributed by atoms with Gasteiger partial charge in [0.05, 0.1) is 34.0 Å². The van der Waals surface area contributed by atoms with Gasteiger partial charge in [0.1, 0.15) is 5.75 Å². The largest absolute Gasteiger partial charge is 0.494 e. The Bertz CT molecular complexity index is 1190. The van der Waals surface area contributed by atoms with E-state index < -0.39 is 0 Å². The third-order valence-corrected chi connectivity index (χ3v) is 6.08. The Kier molecular flexibility index (Phi) is 6.23. The van der Waals surface area contributed by atoms with Crippen molar-refractivity contribution in [3.63, 3.8) is 0 Å². The van der Waals surface area contributed by atoms with Crippen molar-refractivity contribution in [1.29, 1.82) is 0 Å². The number of carbonyl (C=O) groups excluding carboxylic acids is 1. The summed E-state index contributed by atoms with van der Waals surface area (Å²) in [4.78, 5) is 19.8. The number of ether oxygens (including phenoxy) is 1. The van der Waals surface area contributed by atoms with E-state index in [0.717, 1.165) is 21.5 Å². The molecule has 0 aliphatic carbocycles. The highest BCUT2D eigenvalue weighted by Gasteiger charge is 2.24. The third-order valence-electron chi connectivity index (χ3n) is 4.48. The van der Waals surface area contributed by atoms with E-state index in [4.69, 9.17) is 32.9 Å². The lowest BCUT2D eigenvalue weighted by atomic mass is 10.1. The molecule has 30 heavy (non-hydrogen) atoms. The van der Waals surface area contributed by atoms with Gasteiger partial charge in [-0.15, -0.1) is 0 Å². The van der Waals surface area contributed by atoms with Crippen LogP contribution in [0.15, 0.2) is 66.7 Å². The fraction of sp³-hybridized carbons (Fsp3) is 0.130. The molecule has 0 saturated heterocycles. The van der Waals surface area contributed by atoms with E-state index in [1.165, 1.54) is 11.3 Å². The molecular formula is C23H18Cl2N2O2S. The molecule has 0 N–H and O–H groups in total. The minimum absolute atomic E-state index is 0.254. The van der Waals surface area contributed by atoms with Crippen molar-refractivity contribution in [2.75, 3.05) is 11.5 Å². The maximum atomic E-state index is 13.5. The third kappa shape index (κ3) is 4.43. The smallest absolute Gasteiger partial charge is 0.261 e. The van der Waals surface area contributed by atoms with E-state index in [-0.39, 0.29) is 5.91 Å². The highest BCUT2D eigenvalue weighted by atomic mass is 35.5. The summed E-state index contributed by atoms with van der Waals surface area (Å²) < 4.78 is 6.53. The van der Waals surface area contributed by atoms with Gasteiger partial charge in [-0.05, 0) is 48.9 Å². The number of anilines is 1. The minimum Gasteiger partial charge on any atom is -0.494 e. The first-order valence-electron chi connectivity index (χ1n) is 9.39. The maximum Gasteiger partial charge on any atom is 0.261 e. The Labute approximate surface area is 188 Å². The molecule has 4 rings (SSSR count). The molecule has 0 radical (unpaired) electrons. The van der Waals surface area contributed by atoms with Gasteiger partial charge in [0.25, 0.3) is 5.91 Å². The van der Waals surface area contributed by atoms with Crippen LogP contribution >= 0.6 is 34.5 Å². The van der Waals surface area contributed by atoms with Crippen LogP contribution in [0.2, 0.25) is 10.0 Å². The Morgan fingerprint density at radius 3 is 2.63 bits per heavy atom. The average Bonchev–Trinajstić information content (AvgIpc) is 3.17. The van der Waals surface area contributed by atoms with Crippen molar-refractivity contribution in [3.8, 4) is 5.75 Å². The summed E-state index contributed by atoms with van der Waals surface area (Å²) in [5.74, 6) is 0.523. The number of amides is 1. The lowest BCUT2D eigenvalue weighted by Gasteiger charge is -2.21. The molecule has 3 aromatic carbocycles. The molecule has 0 aliphatic rings. The SMILES string of the molecule is CCOc1ccc2nc(N(Cc3ccccc3)C(=O)c3cc(Cl)ccc3Cl)sc2c1. The molecule has 4 nitrogen and oxygen atoms in total. The van der Waals surface area contributed by atoms with Crippen LogP contribution in [0.25, 0.3) is 10.2 Å². The number of rotatable bonds is 6. The molecule has 0 fully saturated rings. The molecule has 1 aromatic heterocycles. The summed E-state index contributed by atoms with van der Waals surface area (Å²) in [5.41, 5.74) is 2.13. The number of hydrogen-bond acceptors (Lipinski definition) is 4. The van der Waals surface area contributed by atoms with Crippen LogP contribution in [0.3, 0.4) is 0 Å². The fourth-order valence-corrected chi connectivity index (χ4v) is 4.43. The second kappa shape index (κ2) is 9.04. The molecule has 0 unspecified atom stereocenters. The van der Waals surface area contributed by atoms with Gasteiger partial charge >= 0.3 is 0 Å². The van der Waals surface area contributed by atoms with Crippen LogP contribution in [0.4, 0.5) is 5.13 Å². The maximum absolute atomic E-state index is 13.5. The Morgan fingerprint density at radius 1 is 1.07 bits per heavy atom. The van der Waals surface area contributed by atoms with E-state index in [1.54, 1.807) is 23.1 Å². The molecule has 152 valence electrons. The van der Waals surface area contributed by atoms with Gasteiger partial charge in [-0.2, -0.15) is 0 Å². The molecule has 1 amide bonds. The summed E-state index contributed by atoms with van der Waals surface area (Å²) in [7, 11) is 0. The predicted octanol–water partition coefficient (Wildman–Crippen LogP) is 6.85. The van der Waals surface area contributed by atoms with E-state index in [2.05, 4.69) is 0 Å². The van der Waals surface area contributed by atoms with Crippen LogP contribution in [0, 0.1) is 0 Å². The topological polar surface area (TPSA) is 42.4 Å². The van der Waals surface area contributed by atoms with Gasteiger partial charge < -0.3 is 4.74 Å². The van der Waals surface area contributed by atoms with Gasteiger partial charge in [-0.25, -0.2) is 4.98 Å². The molecule has 4 aromatic rings. The van der Waals surface area contributed by atoms with Crippen molar-refractivity contribution in [1.82, 2.24) is 4.98 Å². The van der Waals surface area contributed by atoms with Crippen LogP contribution in [-0.2, 0) is 6.54 Å². The summed E-state index contributed by atoms with van der Waals surface area (Å²) >= 11 is 13.9. The standard InChI is InChI=1S/C23H18Cl2N2O2S/c1-2-29-17-9-11-20-21(13-17)30-23(26-20)27(14-15-6-4-3-5-7-15)22(28)18-12-16(24)8-10-19(18)25/h3-13H,2,14H2,1H3. The molecule has 7 heteroatoms. The fourth-order valence-electron chi connectivity index (χ4n) is 3.06. The highest BCUT2D eigenvalue weighted by molar-refractivity contribution is 7.22. The van der Waals surface area contributed by atoms with Crippen molar-refractivity contribution >= 4 is 55.8 Å². The number of thiazole rings is 1. The first kappa shape index (κ1) is 20.7. The predicted molar refractivity (Wildman–Crippen MR) is 124 cm³/mol. The van der Waals surface area contributed by atoms with Crippen LogP contribution in [0.5, 0.6) is 5.75 Å². The Hall–Kier alpha value is -2.60. The zero-order valence-corrected chi connectivity index (χ0v) is 18.5. The molecule has 1 heterocycles. The van der Waals surface area contributed by atoms with E-state index in [9.17, 15) is 4.79 Å². The minimum atomic E-state index is -0.254. The molecule has 0 aliphatic heterocycles. The summed E-state index contributed by atoms with van der Waals surface area (Å²) in [6.07, 6.45) is 0. The lowest BCUT2D eigenvalue weighted by molar-refractivity contribution is 0.0985. The van der Waals surface area contributed by atoms with Crippen LogP contribution < -0.4 is 9.64 Å². The van der Waals surface area contributed by atoms with Gasteiger partial charge in [0.2, 0.25) is 0 Å². The van der Waals surface area contributed by atoms with E-state index in [1.807, 2.05) is 55.5 Å². The number of hydrogen-bond donors (Lipinski definition) is 0. The van der Waals surface area contributed by atoms with Crippen molar-refractivity contribution < 1.29 is 9.53 Å². The number of carbonyl (C=O) groups is 1. The lowest BCUT2D eigenvalue weighted by Crippen LogP contribution is -2.30. The summed E-state index contributed by atoms with van der Waals surface area (Å²) in [6, 6.07) is 20.4. The Morgan fingerprint density at radius 2 is 1.87 bits per heavy atom. The highest BCUT2D eigenvalue weighted by Crippen LogP contribution is 2.34. The van der Waals surface area contributed by atoms with E-state index in [0.29, 0.717) is 33.9 Å². The molecule has 0 bridgehead atoms. The monoisotopic (exact) mass is 456 g/mol. The number of aromatic nitrogens is 1. The van der Waals surface area contributed by atoms with Gasteiger partial charge in [0, 0.05) is 5.02 Å². The number of fused-ring (bicyclic) bond motifs is 1. The van der Waals surface area contributed by atoms with Gasteiger partial charge in [-0.1, -0.05) is 64.9 Å². The molecule has 0 spiro atoms. The second-order valence-electron chi connectivity index (χ2n) is 6.56. The van der Waals surface area contributed by atoms with Crippen molar-refractivity contribution in [2.45, 2.75) is 13.5 Å². The molecule has 0 atom stereocenters. The number of benzene rings is 3.